The Bertz CT molecular complexity index is 743. The fraction of sp³-hybridized carbons (Fsp3) is 0.308. The zero-order chi connectivity index (χ0) is 16.2. The SMILES string of the molecule is CCOc1ccc(CNc2ncc(S(N)(=O)=O)s2)cc1OC. The molecule has 0 atom stereocenters. The van der Waals surface area contributed by atoms with Gasteiger partial charge in [0.2, 0.25) is 10.0 Å². The molecular weight excluding hydrogens is 326 g/mol. The first kappa shape index (κ1) is 16.5. The summed E-state index contributed by atoms with van der Waals surface area (Å²) in [6.45, 7) is 2.93. The zero-order valence-corrected chi connectivity index (χ0v) is 13.8. The molecule has 0 aliphatic heterocycles. The van der Waals surface area contributed by atoms with Gasteiger partial charge in [0.1, 0.15) is 0 Å². The first-order valence-electron chi connectivity index (χ1n) is 6.46. The summed E-state index contributed by atoms with van der Waals surface area (Å²) >= 11 is 0.989. The standard InChI is InChI=1S/C13H17N3O4S2/c1-3-20-10-5-4-9(6-11(10)19-2)7-15-13-16-8-12(21-13)22(14,17)18/h4-6,8H,3,7H2,1-2H3,(H,15,16)(H2,14,17,18). The average molecular weight is 343 g/mol. The second kappa shape index (κ2) is 6.95. The lowest BCUT2D eigenvalue weighted by Crippen LogP contribution is -2.09. The Kier molecular flexibility index (Phi) is 5.22. The summed E-state index contributed by atoms with van der Waals surface area (Å²) in [6.07, 6.45) is 1.24. The van der Waals surface area contributed by atoms with Gasteiger partial charge in [-0.3, -0.25) is 0 Å². The molecule has 0 aliphatic carbocycles. The van der Waals surface area contributed by atoms with Gasteiger partial charge in [-0.25, -0.2) is 18.5 Å². The van der Waals surface area contributed by atoms with Crippen LogP contribution in [0.25, 0.3) is 0 Å². The van der Waals surface area contributed by atoms with Crippen molar-refractivity contribution in [2.45, 2.75) is 17.7 Å². The van der Waals surface area contributed by atoms with Gasteiger partial charge >= 0.3 is 0 Å². The van der Waals surface area contributed by atoms with Crippen molar-refractivity contribution in [3.8, 4) is 11.5 Å². The van der Waals surface area contributed by atoms with Crippen LogP contribution < -0.4 is 19.9 Å². The predicted octanol–water partition coefficient (Wildman–Crippen LogP) is 1.81. The maximum Gasteiger partial charge on any atom is 0.249 e. The van der Waals surface area contributed by atoms with Crippen molar-refractivity contribution in [2.75, 3.05) is 19.0 Å². The van der Waals surface area contributed by atoms with E-state index in [1.165, 1.54) is 6.20 Å². The molecule has 0 radical (unpaired) electrons. The van der Waals surface area contributed by atoms with E-state index in [4.69, 9.17) is 14.6 Å². The van der Waals surface area contributed by atoms with E-state index in [0.717, 1.165) is 16.9 Å². The van der Waals surface area contributed by atoms with Crippen molar-refractivity contribution in [2.24, 2.45) is 5.14 Å². The number of sulfonamides is 1. The second-order valence-electron chi connectivity index (χ2n) is 4.30. The number of ether oxygens (including phenoxy) is 2. The summed E-state index contributed by atoms with van der Waals surface area (Å²) in [6, 6.07) is 5.58. The van der Waals surface area contributed by atoms with Crippen molar-refractivity contribution in [3.63, 3.8) is 0 Å². The van der Waals surface area contributed by atoms with Gasteiger partial charge in [0.05, 0.1) is 19.9 Å². The number of aromatic nitrogens is 1. The highest BCUT2D eigenvalue weighted by Crippen LogP contribution is 2.29. The maximum atomic E-state index is 11.2. The van der Waals surface area contributed by atoms with Gasteiger partial charge in [0.25, 0.3) is 0 Å². The van der Waals surface area contributed by atoms with E-state index < -0.39 is 10.0 Å². The fourth-order valence-corrected chi connectivity index (χ4v) is 3.19. The van der Waals surface area contributed by atoms with E-state index in [1.54, 1.807) is 7.11 Å². The fourth-order valence-electron chi connectivity index (χ4n) is 1.75. The largest absolute Gasteiger partial charge is 0.493 e. The van der Waals surface area contributed by atoms with Gasteiger partial charge < -0.3 is 14.8 Å². The molecule has 0 spiro atoms. The van der Waals surface area contributed by atoms with Gasteiger partial charge in [-0.05, 0) is 24.6 Å². The molecule has 0 saturated carbocycles. The van der Waals surface area contributed by atoms with Gasteiger partial charge in [-0.15, -0.1) is 0 Å². The molecule has 1 aromatic carbocycles. The molecule has 7 nitrogen and oxygen atoms in total. The van der Waals surface area contributed by atoms with Crippen LogP contribution in [0.2, 0.25) is 0 Å². The highest BCUT2D eigenvalue weighted by atomic mass is 32.2. The van der Waals surface area contributed by atoms with Crippen LogP contribution in [0, 0.1) is 0 Å². The molecule has 9 heteroatoms. The lowest BCUT2D eigenvalue weighted by Gasteiger charge is -2.11. The smallest absolute Gasteiger partial charge is 0.249 e. The summed E-state index contributed by atoms with van der Waals surface area (Å²) in [5.41, 5.74) is 0.952. The van der Waals surface area contributed by atoms with Crippen LogP contribution in [-0.4, -0.2) is 27.1 Å². The summed E-state index contributed by atoms with van der Waals surface area (Å²) in [4.78, 5) is 3.98. The van der Waals surface area contributed by atoms with Gasteiger partial charge in [0, 0.05) is 6.54 Å². The lowest BCUT2D eigenvalue weighted by atomic mass is 10.2. The van der Waals surface area contributed by atoms with Crippen molar-refractivity contribution in [3.05, 3.63) is 30.0 Å². The number of hydrogen-bond acceptors (Lipinski definition) is 7. The zero-order valence-electron chi connectivity index (χ0n) is 12.2. The summed E-state index contributed by atoms with van der Waals surface area (Å²) in [5.74, 6) is 1.32. The van der Waals surface area contributed by atoms with Crippen LogP contribution in [0.4, 0.5) is 5.13 Å². The molecule has 1 heterocycles. The molecular formula is C13H17N3O4S2. The minimum Gasteiger partial charge on any atom is -0.493 e. The number of benzene rings is 1. The number of primary sulfonamides is 1. The number of anilines is 1. The van der Waals surface area contributed by atoms with E-state index >= 15 is 0 Å². The second-order valence-corrected chi connectivity index (χ2v) is 7.12. The maximum absolute atomic E-state index is 11.2. The van der Waals surface area contributed by atoms with Gasteiger partial charge in [-0.2, -0.15) is 0 Å². The molecule has 0 fully saturated rings. The number of rotatable bonds is 7. The molecule has 0 bridgehead atoms. The molecule has 0 aliphatic rings. The quantitative estimate of drug-likeness (QED) is 0.794. The summed E-state index contributed by atoms with van der Waals surface area (Å²) in [7, 11) is -2.13. The Labute approximate surface area is 133 Å². The van der Waals surface area contributed by atoms with Crippen LogP contribution in [0.15, 0.2) is 28.6 Å². The van der Waals surface area contributed by atoms with E-state index in [1.807, 2.05) is 25.1 Å². The van der Waals surface area contributed by atoms with Crippen LogP contribution >= 0.6 is 11.3 Å². The first-order chi connectivity index (χ1) is 10.4. The van der Waals surface area contributed by atoms with E-state index in [-0.39, 0.29) is 4.21 Å². The van der Waals surface area contributed by atoms with Crippen LogP contribution in [-0.2, 0) is 16.6 Å². The lowest BCUT2D eigenvalue weighted by molar-refractivity contribution is 0.310. The average Bonchev–Trinajstić information content (AvgIpc) is 2.95. The molecule has 120 valence electrons. The summed E-state index contributed by atoms with van der Waals surface area (Å²) in [5, 5.41) is 8.58. The molecule has 0 unspecified atom stereocenters. The minimum absolute atomic E-state index is 0.0271. The van der Waals surface area contributed by atoms with Crippen molar-refractivity contribution < 1.29 is 17.9 Å². The Hall–Kier alpha value is -1.84. The minimum atomic E-state index is -3.71. The van der Waals surface area contributed by atoms with E-state index in [2.05, 4.69) is 10.3 Å². The van der Waals surface area contributed by atoms with E-state index in [0.29, 0.717) is 29.8 Å². The number of hydrogen-bond donors (Lipinski definition) is 2. The molecule has 1 aromatic heterocycles. The Balaban J connectivity index is 2.07. The number of nitrogens with zero attached hydrogens (tertiary/aromatic N) is 1. The van der Waals surface area contributed by atoms with Crippen LogP contribution in [0.5, 0.6) is 11.5 Å². The van der Waals surface area contributed by atoms with Crippen LogP contribution in [0.3, 0.4) is 0 Å². The molecule has 0 amide bonds. The molecule has 2 rings (SSSR count). The van der Waals surface area contributed by atoms with Gasteiger partial charge in [-0.1, -0.05) is 17.4 Å². The van der Waals surface area contributed by atoms with Gasteiger partial charge in [0.15, 0.2) is 20.8 Å². The molecule has 3 N–H and O–H groups in total. The molecule has 22 heavy (non-hydrogen) atoms. The molecule has 2 aromatic rings. The van der Waals surface area contributed by atoms with E-state index in [9.17, 15) is 8.42 Å². The highest BCUT2D eigenvalue weighted by molar-refractivity contribution is 7.91. The number of nitrogens with two attached hydrogens (primary N) is 1. The topological polar surface area (TPSA) is 104 Å². The Morgan fingerprint density at radius 1 is 1.36 bits per heavy atom. The summed E-state index contributed by atoms with van der Waals surface area (Å²) < 4.78 is 33.1. The van der Waals surface area contributed by atoms with Crippen LogP contribution in [0.1, 0.15) is 12.5 Å². The Morgan fingerprint density at radius 2 is 2.14 bits per heavy atom. The number of thiazole rings is 1. The third-order valence-electron chi connectivity index (χ3n) is 2.74. The Morgan fingerprint density at radius 3 is 2.73 bits per heavy atom. The first-order valence-corrected chi connectivity index (χ1v) is 8.82. The van der Waals surface area contributed by atoms with Crippen molar-refractivity contribution in [1.29, 1.82) is 0 Å². The van der Waals surface area contributed by atoms with Crippen molar-refractivity contribution in [1.82, 2.24) is 4.98 Å². The highest BCUT2D eigenvalue weighted by Gasteiger charge is 2.12. The third-order valence-corrected chi connectivity index (χ3v) is 5.10. The normalized spacial score (nSPS) is 11.2. The van der Waals surface area contributed by atoms with Crippen molar-refractivity contribution >= 4 is 26.5 Å². The number of methoxy groups -OCH3 is 1. The third kappa shape index (κ3) is 4.09. The molecule has 0 saturated heterocycles. The predicted molar refractivity (Wildman–Crippen MR) is 85.0 cm³/mol. The number of nitrogens with one attached hydrogen (secondary N) is 1. The monoisotopic (exact) mass is 343 g/mol.